The number of hydrogen-bond donors (Lipinski definition) is 0. The van der Waals surface area contributed by atoms with Crippen molar-refractivity contribution in [2.24, 2.45) is 0 Å². The molecule has 1 aromatic heterocycles. The molecule has 0 amide bonds. The maximum atomic E-state index is 12.9. The smallest absolute Gasteiger partial charge is 0.198 e. The van der Waals surface area contributed by atoms with Crippen LogP contribution in [0.3, 0.4) is 0 Å². The van der Waals surface area contributed by atoms with Crippen LogP contribution in [-0.2, 0) is 0 Å². The Morgan fingerprint density at radius 3 is 2.87 bits per heavy atom. The first kappa shape index (κ1) is 8.89. The average molecular weight is 205 g/mol. The van der Waals surface area contributed by atoms with Crippen molar-refractivity contribution in [2.75, 3.05) is 0 Å². The molecule has 1 aliphatic carbocycles. The van der Waals surface area contributed by atoms with E-state index in [1.54, 1.807) is 6.07 Å². The first-order chi connectivity index (χ1) is 7.33. The number of fused-ring (bicyclic) bond motifs is 1. The van der Waals surface area contributed by atoms with Crippen molar-refractivity contribution >= 4 is 11.1 Å². The van der Waals surface area contributed by atoms with Gasteiger partial charge in [-0.1, -0.05) is 12.8 Å². The van der Waals surface area contributed by atoms with Crippen LogP contribution in [0.1, 0.15) is 37.5 Å². The van der Waals surface area contributed by atoms with Crippen LogP contribution < -0.4 is 0 Å². The Bertz CT molecular complexity index is 485. The fraction of sp³-hybridized carbons (Fsp3) is 0.417. The predicted octanol–water partition coefficient (Wildman–Crippen LogP) is 3.62. The molecule has 0 atom stereocenters. The maximum absolute atomic E-state index is 12.9. The fourth-order valence-corrected chi connectivity index (χ4v) is 2.27. The van der Waals surface area contributed by atoms with Gasteiger partial charge < -0.3 is 4.42 Å². The first-order valence-corrected chi connectivity index (χ1v) is 5.39. The van der Waals surface area contributed by atoms with Crippen LogP contribution in [0.2, 0.25) is 0 Å². The van der Waals surface area contributed by atoms with Crippen molar-refractivity contribution in [3.05, 3.63) is 29.9 Å². The van der Waals surface area contributed by atoms with Crippen LogP contribution in [0.15, 0.2) is 22.6 Å². The molecule has 1 heterocycles. The van der Waals surface area contributed by atoms with Gasteiger partial charge in [0.1, 0.15) is 11.3 Å². The van der Waals surface area contributed by atoms with Gasteiger partial charge in [0.25, 0.3) is 0 Å². The molecule has 1 aliphatic rings. The van der Waals surface area contributed by atoms with E-state index in [9.17, 15) is 4.39 Å². The zero-order valence-corrected chi connectivity index (χ0v) is 8.37. The molecular formula is C12H12FNO. The number of hydrogen-bond acceptors (Lipinski definition) is 2. The Morgan fingerprint density at radius 1 is 1.27 bits per heavy atom. The van der Waals surface area contributed by atoms with E-state index in [1.165, 1.54) is 25.0 Å². The average Bonchev–Trinajstić information content (AvgIpc) is 2.84. The van der Waals surface area contributed by atoms with Gasteiger partial charge in [-0.3, -0.25) is 0 Å². The van der Waals surface area contributed by atoms with Gasteiger partial charge in [-0.05, 0) is 25.0 Å². The highest BCUT2D eigenvalue weighted by Crippen LogP contribution is 2.34. The Kier molecular flexibility index (Phi) is 1.97. The summed E-state index contributed by atoms with van der Waals surface area (Å²) in [5, 5.41) is 0. The van der Waals surface area contributed by atoms with Gasteiger partial charge in [0.15, 0.2) is 11.5 Å². The molecule has 0 radical (unpaired) electrons. The summed E-state index contributed by atoms with van der Waals surface area (Å²) in [6.45, 7) is 0. The quantitative estimate of drug-likeness (QED) is 0.710. The second-order valence-electron chi connectivity index (χ2n) is 4.15. The summed E-state index contributed by atoms with van der Waals surface area (Å²) in [4.78, 5) is 4.35. The molecule has 0 bridgehead atoms. The van der Waals surface area contributed by atoms with E-state index in [0.717, 1.165) is 18.7 Å². The van der Waals surface area contributed by atoms with Crippen LogP contribution in [-0.4, -0.2) is 4.98 Å². The molecule has 78 valence electrons. The lowest BCUT2D eigenvalue weighted by atomic mass is 10.1. The lowest BCUT2D eigenvalue weighted by molar-refractivity contribution is 0.474. The van der Waals surface area contributed by atoms with E-state index in [0.29, 0.717) is 17.0 Å². The molecule has 0 spiro atoms. The highest BCUT2D eigenvalue weighted by atomic mass is 19.1. The van der Waals surface area contributed by atoms with E-state index >= 15 is 0 Å². The fourth-order valence-electron chi connectivity index (χ4n) is 2.27. The van der Waals surface area contributed by atoms with Crippen LogP contribution in [0.4, 0.5) is 4.39 Å². The number of rotatable bonds is 1. The minimum Gasteiger partial charge on any atom is -0.440 e. The standard InChI is InChI=1S/C12H12FNO/c13-9-5-6-11-10(7-9)14-12(15-11)8-3-1-2-4-8/h5-8H,1-4H2. The first-order valence-electron chi connectivity index (χ1n) is 5.39. The summed E-state index contributed by atoms with van der Waals surface area (Å²) >= 11 is 0. The minimum absolute atomic E-state index is 0.256. The monoisotopic (exact) mass is 205 g/mol. The second kappa shape index (κ2) is 3.33. The Balaban J connectivity index is 2.05. The molecular weight excluding hydrogens is 193 g/mol. The normalized spacial score (nSPS) is 17.7. The topological polar surface area (TPSA) is 26.0 Å². The summed E-state index contributed by atoms with van der Waals surface area (Å²) in [6.07, 6.45) is 4.79. The Labute approximate surface area is 87.1 Å². The molecule has 0 unspecified atom stereocenters. The zero-order chi connectivity index (χ0) is 10.3. The van der Waals surface area contributed by atoms with Crippen LogP contribution in [0, 0.1) is 5.82 Å². The molecule has 3 heteroatoms. The summed E-state index contributed by atoms with van der Waals surface area (Å²) in [7, 11) is 0. The lowest BCUT2D eigenvalue weighted by Gasteiger charge is -2.00. The highest BCUT2D eigenvalue weighted by Gasteiger charge is 2.22. The third-order valence-electron chi connectivity index (χ3n) is 3.07. The van der Waals surface area contributed by atoms with E-state index in [-0.39, 0.29) is 5.82 Å². The number of benzene rings is 1. The van der Waals surface area contributed by atoms with Crippen molar-refractivity contribution in [3.63, 3.8) is 0 Å². The lowest BCUT2D eigenvalue weighted by Crippen LogP contribution is -1.90. The summed E-state index contributed by atoms with van der Waals surface area (Å²) in [5.74, 6) is 0.974. The molecule has 0 aliphatic heterocycles. The van der Waals surface area contributed by atoms with Crippen molar-refractivity contribution in [2.45, 2.75) is 31.6 Å². The third-order valence-corrected chi connectivity index (χ3v) is 3.07. The molecule has 0 N–H and O–H groups in total. The Morgan fingerprint density at radius 2 is 2.07 bits per heavy atom. The minimum atomic E-state index is -0.256. The third kappa shape index (κ3) is 1.52. The van der Waals surface area contributed by atoms with E-state index in [4.69, 9.17) is 4.42 Å². The van der Waals surface area contributed by atoms with Gasteiger partial charge >= 0.3 is 0 Å². The molecule has 0 saturated heterocycles. The molecule has 2 nitrogen and oxygen atoms in total. The van der Waals surface area contributed by atoms with Gasteiger partial charge in [0.05, 0.1) is 0 Å². The molecule has 1 saturated carbocycles. The van der Waals surface area contributed by atoms with E-state index in [1.807, 2.05) is 0 Å². The number of aromatic nitrogens is 1. The van der Waals surface area contributed by atoms with Crippen LogP contribution in [0.25, 0.3) is 11.1 Å². The van der Waals surface area contributed by atoms with Crippen LogP contribution in [0.5, 0.6) is 0 Å². The number of nitrogens with zero attached hydrogens (tertiary/aromatic N) is 1. The molecule has 1 fully saturated rings. The van der Waals surface area contributed by atoms with Crippen molar-refractivity contribution < 1.29 is 8.81 Å². The SMILES string of the molecule is Fc1ccc2oc(C3CCCC3)nc2c1. The van der Waals surface area contributed by atoms with E-state index in [2.05, 4.69) is 4.98 Å². The summed E-state index contributed by atoms with van der Waals surface area (Å²) in [6, 6.07) is 4.49. The van der Waals surface area contributed by atoms with Gasteiger partial charge in [-0.2, -0.15) is 0 Å². The Hall–Kier alpha value is -1.38. The van der Waals surface area contributed by atoms with Gasteiger partial charge in [-0.15, -0.1) is 0 Å². The van der Waals surface area contributed by atoms with E-state index < -0.39 is 0 Å². The number of oxazole rings is 1. The van der Waals surface area contributed by atoms with Gasteiger partial charge in [0.2, 0.25) is 0 Å². The largest absolute Gasteiger partial charge is 0.440 e. The molecule has 1 aromatic carbocycles. The van der Waals surface area contributed by atoms with Gasteiger partial charge in [-0.25, -0.2) is 9.37 Å². The predicted molar refractivity (Wildman–Crippen MR) is 55.2 cm³/mol. The van der Waals surface area contributed by atoms with Gasteiger partial charge in [0, 0.05) is 12.0 Å². The molecule has 15 heavy (non-hydrogen) atoms. The highest BCUT2D eigenvalue weighted by molar-refractivity contribution is 5.72. The van der Waals surface area contributed by atoms with Crippen molar-refractivity contribution in [1.82, 2.24) is 4.98 Å². The van der Waals surface area contributed by atoms with Crippen LogP contribution >= 0.6 is 0 Å². The second-order valence-corrected chi connectivity index (χ2v) is 4.15. The molecule has 2 aromatic rings. The number of halogens is 1. The van der Waals surface area contributed by atoms with Crippen molar-refractivity contribution in [1.29, 1.82) is 0 Å². The maximum Gasteiger partial charge on any atom is 0.198 e. The summed E-state index contributed by atoms with van der Waals surface area (Å²) in [5.41, 5.74) is 1.33. The summed E-state index contributed by atoms with van der Waals surface area (Å²) < 4.78 is 18.6. The zero-order valence-electron chi connectivity index (χ0n) is 8.37. The molecule has 3 rings (SSSR count). The van der Waals surface area contributed by atoms with Crippen molar-refractivity contribution in [3.8, 4) is 0 Å².